The molecule has 1 aliphatic rings. The van der Waals surface area contributed by atoms with Gasteiger partial charge in [-0.3, -0.25) is 14.4 Å². The summed E-state index contributed by atoms with van der Waals surface area (Å²) in [7, 11) is 0. The zero-order valence-electron chi connectivity index (χ0n) is 17.1. The lowest BCUT2D eigenvalue weighted by atomic mass is 9.83. The van der Waals surface area contributed by atoms with E-state index in [1.54, 1.807) is 18.2 Å². The zero-order chi connectivity index (χ0) is 22.8. The van der Waals surface area contributed by atoms with Gasteiger partial charge in [-0.1, -0.05) is 66.2 Å². The molecular weight excluding hydrogens is 430 g/mol. The highest BCUT2D eigenvalue weighted by Crippen LogP contribution is 2.34. The topological polar surface area (TPSA) is 89.5 Å². The fraction of sp³-hybridized carbons (Fsp3) is 0.120. The Morgan fingerprint density at radius 3 is 2.19 bits per heavy atom. The summed E-state index contributed by atoms with van der Waals surface area (Å²) in [4.78, 5) is 50.4. The molecule has 0 heterocycles. The Bertz CT molecular complexity index is 1250. The Hall–Kier alpha value is -3.77. The molecular formula is C25H18ClNO5. The minimum atomic E-state index is -0.862. The molecule has 0 aromatic heterocycles. The number of hydrogen-bond donors (Lipinski definition) is 1. The van der Waals surface area contributed by atoms with Crippen molar-refractivity contribution in [3.05, 3.63) is 105 Å². The molecule has 1 amide bonds. The van der Waals surface area contributed by atoms with E-state index >= 15 is 0 Å². The molecule has 0 bridgehead atoms. The standard InChI is InChI=1S/C25H18ClNO5/c1-14(15-7-3-2-4-8-15)27-20(28)13-32-25(31)19-12-11-18-21(22(19)26)24(30)17-10-6-5-9-16(17)23(18)29/h2-12,14H,13H2,1H3,(H,27,28)/t14-/m1/s1. The molecule has 0 saturated heterocycles. The van der Waals surface area contributed by atoms with Crippen LogP contribution in [0.15, 0.2) is 66.7 Å². The molecule has 0 radical (unpaired) electrons. The molecule has 1 aliphatic carbocycles. The fourth-order valence-electron chi connectivity index (χ4n) is 3.62. The summed E-state index contributed by atoms with van der Waals surface area (Å²) in [6.45, 7) is 1.30. The Kier molecular flexibility index (Phi) is 5.88. The van der Waals surface area contributed by atoms with Gasteiger partial charge in [0.05, 0.1) is 22.2 Å². The molecule has 0 spiro atoms. The Labute approximate surface area is 189 Å². The van der Waals surface area contributed by atoms with E-state index in [1.165, 1.54) is 18.2 Å². The van der Waals surface area contributed by atoms with Crippen LogP contribution in [0.1, 0.15) is 60.7 Å². The third kappa shape index (κ3) is 3.92. The summed E-state index contributed by atoms with van der Waals surface area (Å²) in [6, 6.07) is 18.2. The van der Waals surface area contributed by atoms with E-state index in [9.17, 15) is 19.2 Å². The van der Waals surface area contributed by atoms with Gasteiger partial charge in [-0.25, -0.2) is 4.79 Å². The molecule has 0 saturated carbocycles. The van der Waals surface area contributed by atoms with Gasteiger partial charge in [-0.15, -0.1) is 0 Å². The number of benzene rings is 3. The smallest absolute Gasteiger partial charge is 0.340 e. The van der Waals surface area contributed by atoms with Crippen LogP contribution < -0.4 is 5.32 Å². The number of esters is 1. The van der Waals surface area contributed by atoms with Crippen LogP contribution in [0.3, 0.4) is 0 Å². The van der Waals surface area contributed by atoms with E-state index in [1.807, 2.05) is 37.3 Å². The maximum absolute atomic E-state index is 12.9. The first-order valence-corrected chi connectivity index (χ1v) is 10.3. The van der Waals surface area contributed by atoms with Crippen LogP contribution in [-0.2, 0) is 9.53 Å². The first kappa shape index (κ1) is 21.5. The molecule has 3 aromatic carbocycles. The van der Waals surface area contributed by atoms with Crippen LogP contribution in [0, 0.1) is 0 Å². The van der Waals surface area contributed by atoms with Gasteiger partial charge >= 0.3 is 5.97 Å². The molecule has 0 unspecified atom stereocenters. The van der Waals surface area contributed by atoms with Crippen LogP contribution in [0.4, 0.5) is 0 Å². The average molecular weight is 448 g/mol. The monoisotopic (exact) mass is 447 g/mol. The van der Waals surface area contributed by atoms with Crippen molar-refractivity contribution in [2.45, 2.75) is 13.0 Å². The van der Waals surface area contributed by atoms with Crippen LogP contribution >= 0.6 is 11.6 Å². The van der Waals surface area contributed by atoms with Crippen molar-refractivity contribution < 1.29 is 23.9 Å². The second kappa shape index (κ2) is 8.77. The van der Waals surface area contributed by atoms with E-state index in [4.69, 9.17) is 16.3 Å². The van der Waals surface area contributed by atoms with Gasteiger partial charge in [-0.2, -0.15) is 0 Å². The second-order valence-electron chi connectivity index (χ2n) is 7.33. The molecule has 1 atom stereocenters. The fourth-order valence-corrected chi connectivity index (χ4v) is 3.95. The highest BCUT2D eigenvalue weighted by atomic mass is 35.5. The number of amides is 1. The van der Waals surface area contributed by atoms with Crippen molar-refractivity contribution >= 4 is 35.0 Å². The molecule has 4 rings (SSSR count). The summed E-state index contributed by atoms with van der Waals surface area (Å²) in [6.07, 6.45) is 0. The van der Waals surface area contributed by atoms with E-state index in [0.29, 0.717) is 5.56 Å². The number of halogens is 1. The Balaban J connectivity index is 1.49. The maximum Gasteiger partial charge on any atom is 0.340 e. The molecule has 7 heteroatoms. The second-order valence-corrected chi connectivity index (χ2v) is 7.71. The minimum absolute atomic E-state index is 0.0352. The lowest BCUT2D eigenvalue weighted by molar-refractivity contribution is -0.124. The first-order valence-electron chi connectivity index (χ1n) is 9.91. The molecule has 6 nitrogen and oxygen atoms in total. The number of carbonyl (C=O) groups is 4. The average Bonchev–Trinajstić information content (AvgIpc) is 2.81. The largest absolute Gasteiger partial charge is 0.452 e. The molecule has 32 heavy (non-hydrogen) atoms. The summed E-state index contributed by atoms with van der Waals surface area (Å²) in [5.74, 6) is -2.13. The van der Waals surface area contributed by atoms with Crippen molar-refractivity contribution in [2.75, 3.05) is 6.61 Å². The zero-order valence-corrected chi connectivity index (χ0v) is 17.8. The normalized spacial score (nSPS) is 13.1. The van der Waals surface area contributed by atoms with Crippen molar-refractivity contribution in [3.8, 4) is 0 Å². The van der Waals surface area contributed by atoms with Crippen LogP contribution in [-0.4, -0.2) is 30.0 Å². The van der Waals surface area contributed by atoms with E-state index in [-0.39, 0.29) is 39.1 Å². The third-order valence-electron chi connectivity index (χ3n) is 5.26. The molecule has 0 aliphatic heterocycles. The summed E-state index contributed by atoms with van der Waals surface area (Å²) < 4.78 is 5.10. The van der Waals surface area contributed by atoms with Crippen molar-refractivity contribution in [1.29, 1.82) is 0 Å². The number of ether oxygens (including phenoxy) is 1. The predicted molar refractivity (Wildman–Crippen MR) is 118 cm³/mol. The highest BCUT2D eigenvalue weighted by Gasteiger charge is 2.33. The highest BCUT2D eigenvalue weighted by molar-refractivity contribution is 6.41. The number of nitrogens with one attached hydrogen (secondary N) is 1. The van der Waals surface area contributed by atoms with E-state index < -0.39 is 24.3 Å². The van der Waals surface area contributed by atoms with E-state index in [0.717, 1.165) is 5.56 Å². The third-order valence-corrected chi connectivity index (χ3v) is 5.65. The van der Waals surface area contributed by atoms with Crippen LogP contribution in [0.2, 0.25) is 5.02 Å². The van der Waals surface area contributed by atoms with Gasteiger partial charge in [0.2, 0.25) is 0 Å². The van der Waals surface area contributed by atoms with Gasteiger partial charge < -0.3 is 10.1 Å². The number of hydrogen-bond acceptors (Lipinski definition) is 5. The van der Waals surface area contributed by atoms with Crippen molar-refractivity contribution in [3.63, 3.8) is 0 Å². The summed E-state index contributed by atoms with van der Waals surface area (Å²) in [5, 5.41) is 2.58. The van der Waals surface area contributed by atoms with Crippen LogP contribution in [0.25, 0.3) is 0 Å². The van der Waals surface area contributed by atoms with Crippen molar-refractivity contribution in [1.82, 2.24) is 5.32 Å². The molecule has 0 fully saturated rings. The maximum atomic E-state index is 12.9. The summed E-state index contributed by atoms with van der Waals surface area (Å²) in [5.41, 5.74) is 1.44. The number of rotatable bonds is 5. The van der Waals surface area contributed by atoms with Crippen molar-refractivity contribution in [2.24, 2.45) is 0 Å². The summed E-state index contributed by atoms with van der Waals surface area (Å²) >= 11 is 6.35. The lowest BCUT2D eigenvalue weighted by Crippen LogP contribution is -2.31. The predicted octanol–water partition coefficient (Wildman–Crippen LogP) is 4.15. The van der Waals surface area contributed by atoms with Crippen LogP contribution in [0.5, 0.6) is 0 Å². The van der Waals surface area contributed by atoms with Gasteiger partial charge in [-0.05, 0) is 24.6 Å². The SMILES string of the molecule is C[C@@H](NC(=O)COC(=O)c1ccc2c(c1Cl)C(=O)c1ccccc1C2=O)c1ccccc1. The van der Waals surface area contributed by atoms with Gasteiger partial charge in [0.15, 0.2) is 18.2 Å². The Morgan fingerprint density at radius 2 is 1.50 bits per heavy atom. The quantitative estimate of drug-likeness (QED) is 0.464. The van der Waals surface area contributed by atoms with Gasteiger partial charge in [0.25, 0.3) is 5.91 Å². The van der Waals surface area contributed by atoms with Gasteiger partial charge in [0, 0.05) is 16.7 Å². The van der Waals surface area contributed by atoms with Gasteiger partial charge in [0.1, 0.15) is 0 Å². The number of fused-ring (bicyclic) bond motifs is 2. The minimum Gasteiger partial charge on any atom is -0.452 e. The molecule has 1 N–H and O–H groups in total. The lowest BCUT2D eigenvalue weighted by Gasteiger charge is -2.19. The first-order chi connectivity index (χ1) is 15.4. The number of ketones is 2. The molecule has 3 aromatic rings. The Morgan fingerprint density at radius 1 is 0.875 bits per heavy atom. The number of carbonyl (C=O) groups excluding carboxylic acids is 4. The van der Waals surface area contributed by atoms with E-state index in [2.05, 4.69) is 5.32 Å². The molecule has 160 valence electrons.